The molecule has 0 saturated carbocycles. The number of rotatable bonds is 2. The smallest absolute Gasteiger partial charge is 0.206 e. The van der Waals surface area contributed by atoms with Crippen LogP contribution in [0.2, 0.25) is 0 Å². The Bertz CT molecular complexity index is 1090. The zero-order valence-corrected chi connectivity index (χ0v) is 12.9. The third-order valence-electron chi connectivity index (χ3n) is 4.09. The van der Waals surface area contributed by atoms with Crippen molar-refractivity contribution >= 4 is 22.5 Å². The van der Waals surface area contributed by atoms with Crippen LogP contribution in [0.4, 0.5) is 14.7 Å². The molecule has 0 radical (unpaired) electrons. The van der Waals surface area contributed by atoms with Gasteiger partial charge in [-0.1, -0.05) is 18.2 Å². The Kier molecular flexibility index (Phi) is 3.19. The van der Waals surface area contributed by atoms with Gasteiger partial charge in [0.05, 0.1) is 11.2 Å². The molecule has 0 spiro atoms. The molecule has 4 aromatic rings. The summed E-state index contributed by atoms with van der Waals surface area (Å²) in [4.78, 5) is 9.01. The normalized spacial score (nSPS) is 11.5. The minimum Gasteiger partial charge on any atom is -0.369 e. The average Bonchev–Trinajstić information content (AvgIpc) is 2.96. The van der Waals surface area contributed by atoms with Crippen molar-refractivity contribution in [3.63, 3.8) is 0 Å². The fraction of sp³-hybridized carbons (Fsp3) is 0.111. The summed E-state index contributed by atoms with van der Waals surface area (Å²) < 4.78 is 28.6. The number of hydrogen-bond donors (Lipinski definition) is 1. The second-order valence-electron chi connectivity index (χ2n) is 5.78. The van der Waals surface area contributed by atoms with Crippen molar-refractivity contribution < 1.29 is 8.78 Å². The Balaban J connectivity index is 1.87. The molecule has 2 heterocycles. The summed E-state index contributed by atoms with van der Waals surface area (Å²) >= 11 is 0. The molecular weight excluding hydrogens is 310 g/mol. The molecule has 0 saturated heterocycles. The molecule has 4 rings (SSSR count). The zero-order chi connectivity index (χ0) is 16.8. The topological polar surface area (TPSA) is 56.2 Å². The van der Waals surface area contributed by atoms with E-state index < -0.39 is 11.6 Å². The summed E-state index contributed by atoms with van der Waals surface area (Å²) in [6.07, 6.45) is 1.99. The molecule has 0 amide bonds. The molecule has 0 aliphatic carbocycles. The number of nitrogens with zero attached hydrogens (tertiary/aromatic N) is 3. The van der Waals surface area contributed by atoms with Gasteiger partial charge in [0.15, 0.2) is 0 Å². The number of aryl methyl sites for hydroxylation is 1. The molecule has 0 fully saturated rings. The van der Waals surface area contributed by atoms with Gasteiger partial charge >= 0.3 is 0 Å². The van der Waals surface area contributed by atoms with E-state index in [1.807, 2.05) is 25.1 Å². The molecule has 0 atom stereocenters. The van der Waals surface area contributed by atoms with Gasteiger partial charge < -0.3 is 5.73 Å². The van der Waals surface area contributed by atoms with Crippen LogP contribution in [0.3, 0.4) is 0 Å². The largest absolute Gasteiger partial charge is 0.369 e. The van der Waals surface area contributed by atoms with Crippen molar-refractivity contribution in [1.82, 2.24) is 14.4 Å². The second kappa shape index (κ2) is 5.26. The lowest BCUT2D eigenvalue weighted by Crippen LogP contribution is -2.01. The first-order valence-corrected chi connectivity index (χ1v) is 7.49. The number of para-hydroxylation sites is 1. The Morgan fingerprint density at radius 3 is 2.75 bits per heavy atom. The SMILES string of the molecule is Cc1cccc2c1nc(N)n1cc(Cc3ccc(F)cc3F)nc21. The molecule has 6 heteroatoms. The number of hydrogen-bond acceptors (Lipinski definition) is 3. The van der Waals surface area contributed by atoms with E-state index in [4.69, 9.17) is 5.73 Å². The fourth-order valence-corrected chi connectivity index (χ4v) is 2.90. The molecule has 2 aromatic heterocycles. The highest BCUT2D eigenvalue weighted by molar-refractivity contribution is 5.94. The van der Waals surface area contributed by atoms with Gasteiger partial charge in [-0.25, -0.2) is 18.7 Å². The first kappa shape index (κ1) is 14.6. The lowest BCUT2D eigenvalue weighted by molar-refractivity contribution is 0.574. The van der Waals surface area contributed by atoms with Gasteiger partial charge in [0, 0.05) is 24.1 Å². The molecule has 2 N–H and O–H groups in total. The Labute approximate surface area is 136 Å². The number of aromatic nitrogens is 3. The quantitative estimate of drug-likeness (QED) is 0.612. The van der Waals surface area contributed by atoms with Gasteiger partial charge in [-0.3, -0.25) is 4.40 Å². The maximum Gasteiger partial charge on any atom is 0.206 e. The van der Waals surface area contributed by atoms with E-state index >= 15 is 0 Å². The van der Waals surface area contributed by atoms with Crippen LogP contribution < -0.4 is 5.73 Å². The van der Waals surface area contributed by atoms with Crippen molar-refractivity contribution in [3.05, 3.63) is 71.1 Å². The summed E-state index contributed by atoms with van der Waals surface area (Å²) in [7, 11) is 0. The average molecular weight is 324 g/mol. The van der Waals surface area contributed by atoms with Crippen molar-refractivity contribution in [1.29, 1.82) is 0 Å². The number of benzene rings is 2. The molecule has 0 unspecified atom stereocenters. The number of nitrogen functional groups attached to an aromatic ring is 1. The Hall–Kier alpha value is -3.02. The van der Waals surface area contributed by atoms with Crippen molar-refractivity contribution in [2.75, 3.05) is 5.73 Å². The molecule has 0 bridgehead atoms. The molecule has 2 aromatic carbocycles. The number of imidazole rings is 1. The van der Waals surface area contributed by atoms with Gasteiger partial charge in [0.2, 0.25) is 5.95 Å². The van der Waals surface area contributed by atoms with Crippen molar-refractivity contribution in [2.24, 2.45) is 0 Å². The van der Waals surface area contributed by atoms with E-state index in [0.717, 1.165) is 22.5 Å². The number of nitrogens with two attached hydrogens (primary N) is 1. The second-order valence-corrected chi connectivity index (χ2v) is 5.78. The van der Waals surface area contributed by atoms with Gasteiger partial charge in [-0.05, 0) is 30.2 Å². The molecule has 120 valence electrons. The van der Waals surface area contributed by atoms with Gasteiger partial charge in [-0.15, -0.1) is 0 Å². The molecule has 4 nitrogen and oxygen atoms in total. The Morgan fingerprint density at radius 2 is 1.96 bits per heavy atom. The molecule has 0 aliphatic rings. The van der Waals surface area contributed by atoms with E-state index in [1.54, 1.807) is 10.6 Å². The number of halogens is 2. The molecular formula is C18H14F2N4. The highest BCUT2D eigenvalue weighted by Gasteiger charge is 2.13. The number of anilines is 1. The van der Waals surface area contributed by atoms with E-state index in [0.29, 0.717) is 22.9 Å². The van der Waals surface area contributed by atoms with Crippen LogP contribution in [0, 0.1) is 18.6 Å². The fourth-order valence-electron chi connectivity index (χ4n) is 2.90. The standard InChI is InChI=1S/C18H14F2N4/c1-10-3-2-4-14-16(10)23-18(21)24-9-13(22-17(14)24)7-11-5-6-12(19)8-15(11)20/h2-6,8-9H,7H2,1H3,(H2,21,23). The van der Waals surface area contributed by atoms with E-state index in [9.17, 15) is 8.78 Å². The van der Waals surface area contributed by atoms with E-state index in [1.165, 1.54) is 12.1 Å². The van der Waals surface area contributed by atoms with Crippen LogP contribution in [0.15, 0.2) is 42.6 Å². The van der Waals surface area contributed by atoms with E-state index in [2.05, 4.69) is 9.97 Å². The minimum atomic E-state index is -0.596. The predicted molar refractivity (Wildman–Crippen MR) is 88.8 cm³/mol. The van der Waals surface area contributed by atoms with Crippen LogP contribution in [0.1, 0.15) is 16.8 Å². The van der Waals surface area contributed by atoms with Crippen LogP contribution in [0.25, 0.3) is 16.6 Å². The van der Waals surface area contributed by atoms with Gasteiger partial charge in [-0.2, -0.15) is 0 Å². The highest BCUT2D eigenvalue weighted by Crippen LogP contribution is 2.24. The first-order valence-electron chi connectivity index (χ1n) is 7.49. The maximum atomic E-state index is 13.9. The van der Waals surface area contributed by atoms with Crippen LogP contribution in [-0.2, 0) is 6.42 Å². The van der Waals surface area contributed by atoms with E-state index in [-0.39, 0.29) is 6.42 Å². The third kappa shape index (κ3) is 2.27. The summed E-state index contributed by atoms with van der Waals surface area (Å²) in [6.45, 7) is 1.96. The predicted octanol–water partition coefficient (Wildman–Crippen LogP) is 3.64. The Morgan fingerprint density at radius 1 is 1.12 bits per heavy atom. The first-order chi connectivity index (χ1) is 11.5. The van der Waals surface area contributed by atoms with Crippen LogP contribution in [0.5, 0.6) is 0 Å². The lowest BCUT2D eigenvalue weighted by Gasteiger charge is -2.05. The maximum absolute atomic E-state index is 13.9. The summed E-state index contributed by atoms with van der Waals surface area (Å²) in [6, 6.07) is 9.37. The monoisotopic (exact) mass is 324 g/mol. The van der Waals surface area contributed by atoms with Crippen LogP contribution in [-0.4, -0.2) is 14.4 Å². The summed E-state index contributed by atoms with van der Waals surface area (Å²) in [5.74, 6) is -0.856. The lowest BCUT2D eigenvalue weighted by atomic mass is 10.1. The van der Waals surface area contributed by atoms with Crippen LogP contribution >= 0.6 is 0 Å². The summed E-state index contributed by atoms with van der Waals surface area (Å²) in [5, 5.41) is 0.884. The van der Waals surface area contributed by atoms with Gasteiger partial charge in [0.25, 0.3) is 0 Å². The summed E-state index contributed by atoms with van der Waals surface area (Å²) in [5.41, 5.74) is 9.55. The zero-order valence-electron chi connectivity index (χ0n) is 12.9. The minimum absolute atomic E-state index is 0.251. The molecule has 24 heavy (non-hydrogen) atoms. The van der Waals surface area contributed by atoms with Crippen molar-refractivity contribution in [3.8, 4) is 0 Å². The van der Waals surface area contributed by atoms with Gasteiger partial charge in [0.1, 0.15) is 17.3 Å². The molecule has 0 aliphatic heterocycles. The highest BCUT2D eigenvalue weighted by atomic mass is 19.1. The van der Waals surface area contributed by atoms with Crippen molar-refractivity contribution in [2.45, 2.75) is 13.3 Å². The number of fused-ring (bicyclic) bond motifs is 3. The third-order valence-corrected chi connectivity index (χ3v) is 4.09.